The van der Waals surface area contributed by atoms with Crippen molar-refractivity contribution in [2.75, 3.05) is 19.2 Å². The molecule has 3 heteroatoms. The Labute approximate surface area is 57.6 Å². The molecule has 0 aliphatic heterocycles. The van der Waals surface area contributed by atoms with Gasteiger partial charge in [0, 0.05) is 7.11 Å². The first-order chi connectivity index (χ1) is 3.81. The van der Waals surface area contributed by atoms with Crippen LogP contribution in [-0.4, -0.2) is 19.2 Å². The van der Waals surface area contributed by atoms with Gasteiger partial charge in [-0.3, -0.25) is 0 Å². The predicted octanol–water partition coefficient (Wildman–Crippen LogP) is 1.52. The van der Waals surface area contributed by atoms with Gasteiger partial charge >= 0.3 is 0 Å². The van der Waals surface area contributed by atoms with Crippen LogP contribution in [-0.2, 0) is 9.47 Å². The third kappa shape index (κ3) is 4.15. The van der Waals surface area contributed by atoms with Gasteiger partial charge in [-0.25, -0.2) is 0 Å². The molecule has 0 aromatic heterocycles. The van der Waals surface area contributed by atoms with E-state index in [2.05, 4.69) is 27.2 Å². The highest BCUT2D eigenvalue weighted by Crippen LogP contribution is 1.96. The highest BCUT2D eigenvalue weighted by molar-refractivity contribution is 9.09. The molecule has 0 radical (unpaired) electrons. The number of alkyl halides is 1. The number of ether oxygens (including phenoxy) is 2. The molecule has 0 aliphatic carbocycles. The van der Waals surface area contributed by atoms with E-state index in [1.807, 2.05) is 0 Å². The first-order valence-electron chi connectivity index (χ1n) is 2.16. The molecule has 0 saturated heterocycles. The number of allylic oxidation sites excluding steroid dienone is 1. The van der Waals surface area contributed by atoms with Crippen molar-refractivity contribution in [1.82, 2.24) is 0 Å². The third-order valence-corrected chi connectivity index (χ3v) is 1.16. The number of hydrogen-bond donors (Lipinski definition) is 0. The molecule has 0 fully saturated rings. The fraction of sp³-hybridized carbons (Fsp3) is 0.600. The van der Waals surface area contributed by atoms with Crippen molar-refractivity contribution in [3.05, 3.63) is 12.3 Å². The molecule has 8 heavy (non-hydrogen) atoms. The van der Waals surface area contributed by atoms with Crippen molar-refractivity contribution in [3.63, 3.8) is 0 Å². The van der Waals surface area contributed by atoms with Gasteiger partial charge in [0.05, 0.1) is 5.33 Å². The number of methoxy groups -OCH3 is 1. The van der Waals surface area contributed by atoms with E-state index in [4.69, 9.17) is 4.74 Å². The van der Waals surface area contributed by atoms with E-state index in [0.717, 1.165) is 0 Å². The Morgan fingerprint density at radius 3 is 2.75 bits per heavy atom. The average molecular weight is 181 g/mol. The van der Waals surface area contributed by atoms with Crippen LogP contribution in [0.1, 0.15) is 0 Å². The molecular formula is C5H9BrO2. The van der Waals surface area contributed by atoms with Crippen LogP contribution in [0.2, 0.25) is 0 Å². The molecule has 0 saturated carbocycles. The second-order valence-electron chi connectivity index (χ2n) is 1.22. The average Bonchev–Trinajstić information content (AvgIpc) is 1.83. The van der Waals surface area contributed by atoms with Crippen LogP contribution in [0.3, 0.4) is 0 Å². The Morgan fingerprint density at radius 1 is 1.75 bits per heavy atom. The SMILES string of the molecule is C=C(CBr)OCOC. The zero-order chi connectivity index (χ0) is 6.41. The van der Waals surface area contributed by atoms with Crippen molar-refractivity contribution in [3.8, 4) is 0 Å². The molecule has 0 spiro atoms. The summed E-state index contributed by atoms with van der Waals surface area (Å²) in [6, 6.07) is 0. The monoisotopic (exact) mass is 180 g/mol. The van der Waals surface area contributed by atoms with E-state index < -0.39 is 0 Å². The molecule has 0 atom stereocenters. The molecule has 0 bridgehead atoms. The lowest BCUT2D eigenvalue weighted by Crippen LogP contribution is -1.95. The van der Waals surface area contributed by atoms with Gasteiger partial charge in [-0.15, -0.1) is 0 Å². The van der Waals surface area contributed by atoms with Crippen molar-refractivity contribution in [2.45, 2.75) is 0 Å². The van der Waals surface area contributed by atoms with Gasteiger partial charge in [0.1, 0.15) is 5.76 Å². The minimum absolute atomic E-state index is 0.282. The van der Waals surface area contributed by atoms with E-state index in [1.165, 1.54) is 0 Å². The highest BCUT2D eigenvalue weighted by Gasteiger charge is 1.86. The van der Waals surface area contributed by atoms with Gasteiger partial charge < -0.3 is 9.47 Å². The normalized spacial score (nSPS) is 8.75. The topological polar surface area (TPSA) is 18.5 Å². The molecule has 0 aromatic rings. The van der Waals surface area contributed by atoms with Crippen LogP contribution in [0.25, 0.3) is 0 Å². The van der Waals surface area contributed by atoms with E-state index in [0.29, 0.717) is 11.1 Å². The summed E-state index contributed by atoms with van der Waals surface area (Å²) >= 11 is 3.16. The standard InChI is InChI=1S/C5H9BrO2/c1-5(3-6)8-4-7-2/h1,3-4H2,2H3. The van der Waals surface area contributed by atoms with Crippen molar-refractivity contribution in [1.29, 1.82) is 0 Å². The van der Waals surface area contributed by atoms with E-state index in [-0.39, 0.29) is 6.79 Å². The Bertz CT molecular complexity index is 72.8. The highest BCUT2D eigenvalue weighted by atomic mass is 79.9. The first-order valence-corrected chi connectivity index (χ1v) is 3.29. The zero-order valence-electron chi connectivity index (χ0n) is 4.82. The summed E-state index contributed by atoms with van der Waals surface area (Å²) in [6.45, 7) is 3.84. The molecule has 0 aliphatic rings. The van der Waals surface area contributed by atoms with Crippen molar-refractivity contribution >= 4 is 15.9 Å². The predicted molar refractivity (Wildman–Crippen MR) is 35.9 cm³/mol. The van der Waals surface area contributed by atoms with Gasteiger partial charge in [0.2, 0.25) is 0 Å². The molecule has 0 unspecified atom stereocenters. The molecule has 0 rings (SSSR count). The van der Waals surface area contributed by atoms with Crippen molar-refractivity contribution in [2.24, 2.45) is 0 Å². The van der Waals surface area contributed by atoms with E-state index in [9.17, 15) is 0 Å². The summed E-state index contributed by atoms with van der Waals surface area (Å²) < 4.78 is 9.49. The maximum absolute atomic E-state index is 4.88. The van der Waals surface area contributed by atoms with Crippen LogP contribution < -0.4 is 0 Å². The smallest absolute Gasteiger partial charge is 0.188 e. The Morgan fingerprint density at radius 2 is 2.38 bits per heavy atom. The number of hydrogen-bond acceptors (Lipinski definition) is 2. The number of rotatable bonds is 4. The van der Waals surface area contributed by atoms with Gasteiger partial charge in [-0.05, 0) is 0 Å². The third-order valence-electron chi connectivity index (χ3n) is 0.530. The van der Waals surface area contributed by atoms with E-state index >= 15 is 0 Å². The summed E-state index contributed by atoms with van der Waals surface area (Å²) in [7, 11) is 1.57. The van der Waals surface area contributed by atoms with Gasteiger partial charge in [-0.1, -0.05) is 22.5 Å². The van der Waals surface area contributed by atoms with Crippen LogP contribution in [0, 0.1) is 0 Å². The largest absolute Gasteiger partial charge is 0.472 e. The summed E-state index contributed by atoms with van der Waals surface area (Å²) in [5, 5.41) is 0.663. The molecule has 48 valence electrons. The second-order valence-corrected chi connectivity index (χ2v) is 1.78. The van der Waals surface area contributed by atoms with E-state index in [1.54, 1.807) is 7.11 Å². The molecule has 0 N–H and O–H groups in total. The number of halogens is 1. The lowest BCUT2D eigenvalue weighted by atomic mass is 10.7. The molecule has 0 heterocycles. The van der Waals surface area contributed by atoms with Crippen LogP contribution in [0.5, 0.6) is 0 Å². The minimum atomic E-state index is 0.282. The molecular weight excluding hydrogens is 172 g/mol. The summed E-state index contributed by atoms with van der Waals surface area (Å²) in [4.78, 5) is 0. The maximum atomic E-state index is 4.88. The van der Waals surface area contributed by atoms with Gasteiger partial charge in [0.25, 0.3) is 0 Å². The van der Waals surface area contributed by atoms with Gasteiger partial charge in [-0.2, -0.15) is 0 Å². The molecule has 2 nitrogen and oxygen atoms in total. The van der Waals surface area contributed by atoms with Crippen LogP contribution >= 0.6 is 15.9 Å². The lowest BCUT2D eigenvalue weighted by Gasteiger charge is -2.02. The van der Waals surface area contributed by atoms with Crippen LogP contribution in [0.15, 0.2) is 12.3 Å². The molecule has 0 amide bonds. The summed E-state index contributed by atoms with van der Waals surface area (Å²) in [6.07, 6.45) is 0. The first kappa shape index (κ1) is 7.98. The Balaban J connectivity index is 2.99. The fourth-order valence-electron chi connectivity index (χ4n) is 0.181. The fourth-order valence-corrected chi connectivity index (χ4v) is 0.343. The van der Waals surface area contributed by atoms with Crippen LogP contribution in [0.4, 0.5) is 0 Å². The summed E-state index contributed by atoms with van der Waals surface area (Å²) in [5.74, 6) is 0.687. The zero-order valence-corrected chi connectivity index (χ0v) is 6.40. The van der Waals surface area contributed by atoms with Gasteiger partial charge in [0.15, 0.2) is 6.79 Å². The minimum Gasteiger partial charge on any atom is -0.472 e. The molecule has 0 aromatic carbocycles. The lowest BCUT2D eigenvalue weighted by molar-refractivity contribution is 0.00759. The second kappa shape index (κ2) is 5.12. The summed E-state index contributed by atoms with van der Waals surface area (Å²) in [5.41, 5.74) is 0. The Kier molecular flexibility index (Phi) is 5.11. The van der Waals surface area contributed by atoms with Crippen molar-refractivity contribution < 1.29 is 9.47 Å². The quantitative estimate of drug-likeness (QED) is 0.371. The maximum Gasteiger partial charge on any atom is 0.188 e. The Hall–Kier alpha value is -0.0200.